The lowest BCUT2D eigenvalue weighted by Crippen LogP contribution is -2.73. The van der Waals surface area contributed by atoms with Crippen molar-refractivity contribution < 1.29 is 68.8 Å². The Morgan fingerprint density at radius 2 is 1.57 bits per heavy atom. The fraction of sp³-hybridized carbons (Fsp3) is 0.311. The Labute approximate surface area is 348 Å². The first-order valence-corrected chi connectivity index (χ1v) is 19.4. The maximum atomic E-state index is 15.0. The summed E-state index contributed by atoms with van der Waals surface area (Å²) in [5.41, 5.74) is -8.10. The lowest BCUT2D eigenvalue weighted by Gasteiger charge is -2.53. The molecule has 1 saturated heterocycles. The number of ether oxygens (including phenoxy) is 3. The van der Waals surface area contributed by atoms with E-state index in [4.69, 9.17) is 14.2 Å². The number of methoxy groups -OCH3 is 2. The monoisotopic (exact) mass is 834 g/mol. The van der Waals surface area contributed by atoms with Gasteiger partial charge in [0.1, 0.15) is 23.8 Å². The van der Waals surface area contributed by atoms with Gasteiger partial charge in [0.15, 0.2) is 17.0 Å². The Kier molecular flexibility index (Phi) is 10.3. The number of aliphatic hydroxyl groups is 4. The summed E-state index contributed by atoms with van der Waals surface area (Å²) in [4.78, 5) is 71.4. The van der Waals surface area contributed by atoms with E-state index >= 15 is 0 Å². The van der Waals surface area contributed by atoms with Gasteiger partial charge in [-0.2, -0.15) is 0 Å². The maximum absolute atomic E-state index is 15.0. The minimum absolute atomic E-state index is 0.00746. The number of aliphatic hydroxyl groups excluding tert-OH is 3. The van der Waals surface area contributed by atoms with E-state index in [1.54, 1.807) is 31.2 Å². The Hall–Kier alpha value is -6.11. The number of allylic oxidation sites excluding steroid dienone is 2. The van der Waals surface area contributed by atoms with E-state index < -0.39 is 135 Å². The van der Waals surface area contributed by atoms with Crippen LogP contribution in [0.15, 0.2) is 78.5 Å². The van der Waals surface area contributed by atoms with Gasteiger partial charge in [-0.1, -0.05) is 48.5 Å². The molecule has 0 aromatic heterocycles. The summed E-state index contributed by atoms with van der Waals surface area (Å²) < 4.78 is 16.8. The van der Waals surface area contributed by atoms with Crippen LogP contribution in [0.3, 0.4) is 0 Å². The molecule has 4 aromatic rings. The smallest absolute Gasteiger partial charge is 0.259 e. The third-order valence-electron chi connectivity index (χ3n) is 12.4. The molecule has 1 aliphatic heterocycles. The van der Waals surface area contributed by atoms with Gasteiger partial charge in [-0.15, -0.1) is 0 Å². The number of Topliss-reactive ketones (excluding diaryl/α,β-unsaturated/α-hetero) is 3. The molecule has 61 heavy (non-hydrogen) atoms. The summed E-state index contributed by atoms with van der Waals surface area (Å²) >= 11 is 0. The fourth-order valence-electron chi connectivity index (χ4n) is 9.39. The zero-order chi connectivity index (χ0) is 43.9. The number of benzene rings is 4. The number of aryl methyl sites for hydroxylation is 1. The SMILES string of the molecule is CO[C@@H]1[C@@H](O)[C@@H](CO)[C@@H](NC2=CC(=O)c3c(cc4c(c3O)C(=O)[C@]3(OC)[C@H](O)Cc5cc(C)c(C(=O)Nc6ccc(-c7ccccc7)cc6)c(O)c5[C@]3(O)C4=O)C2=O)O[C@H]1C. The van der Waals surface area contributed by atoms with E-state index in [2.05, 4.69) is 10.6 Å². The molecule has 4 aliphatic rings. The van der Waals surface area contributed by atoms with Crippen LogP contribution in [-0.4, -0.2) is 117 Å². The standard InChI is InChI=1S/C45H42N2O14/c1-19-14-23-15-30(50)45(60-4)41(56)33-26(16-25-32(37(33)53)29(49)17-28(35(25)51)47-43-27(18-48)36(52)39(59-3)20(2)61-43)40(55)44(45,58)34(23)38(54)31(19)42(57)46-24-12-10-22(11-13-24)21-8-6-5-7-9-21/h5-14,16-17,20,27,30,36,39,43,47-48,50,52-54,58H,15,18H2,1-4H3,(H,46,57)/t20-,27+,30+,36-,39-,43-,44-,45+/m0/s1. The molecule has 1 heterocycles. The normalized spacial score (nSPS) is 28.0. The second kappa shape index (κ2) is 15.1. The molecule has 0 spiro atoms. The predicted molar refractivity (Wildman–Crippen MR) is 214 cm³/mol. The van der Waals surface area contributed by atoms with Crippen LogP contribution in [0.2, 0.25) is 0 Å². The Balaban J connectivity index is 1.20. The first-order valence-electron chi connectivity index (χ1n) is 19.4. The van der Waals surface area contributed by atoms with Crippen molar-refractivity contribution in [3.8, 4) is 22.6 Å². The summed E-state index contributed by atoms with van der Waals surface area (Å²) in [7, 11) is 2.28. The number of carbonyl (C=O) groups is 5. The molecule has 8 N–H and O–H groups in total. The molecular formula is C45H42N2O14. The topological polar surface area (TPSA) is 258 Å². The number of phenols is 2. The third-order valence-corrected chi connectivity index (χ3v) is 12.4. The number of nitrogens with one attached hydrogen (secondary N) is 2. The predicted octanol–water partition coefficient (Wildman–Crippen LogP) is 2.48. The van der Waals surface area contributed by atoms with Gasteiger partial charge in [0.2, 0.25) is 17.3 Å². The fourth-order valence-corrected chi connectivity index (χ4v) is 9.39. The Morgan fingerprint density at radius 3 is 2.21 bits per heavy atom. The van der Waals surface area contributed by atoms with E-state index in [9.17, 15) is 54.6 Å². The lowest BCUT2D eigenvalue weighted by molar-refractivity contribution is -0.214. The van der Waals surface area contributed by atoms with Crippen molar-refractivity contribution in [1.29, 1.82) is 0 Å². The van der Waals surface area contributed by atoms with Gasteiger partial charge in [0.05, 0.1) is 53.2 Å². The van der Waals surface area contributed by atoms with Crippen LogP contribution < -0.4 is 10.6 Å². The first-order chi connectivity index (χ1) is 29.0. The molecule has 16 nitrogen and oxygen atoms in total. The number of rotatable bonds is 8. The summed E-state index contributed by atoms with van der Waals surface area (Å²) in [6, 6.07) is 18.6. The average Bonchev–Trinajstić information content (AvgIpc) is 3.22. The average molecular weight is 835 g/mol. The number of hydrogen-bond acceptors (Lipinski definition) is 15. The molecule has 4 aromatic carbocycles. The van der Waals surface area contributed by atoms with Gasteiger partial charge < -0.3 is 55.5 Å². The van der Waals surface area contributed by atoms with Crippen molar-refractivity contribution in [2.75, 3.05) is 26.1 Å². The Bertz CT molecular complexity index is 2570. The number of fused-ring (bicyclic) bond motifs is 5. The second-order valence-corrected chi connectivity index (χ2v) is 15.6. The van der Waals surface area contributed by atoms with E-state index in [0.29, 0.717) is 5.69 Å². The number of anilines is 1. The molecule has 0 radical (unpaired) electrons. The van der Waals surface area contributed by atoms with Crippen LogP contribution in [0, 0.1) is 12.8 Å². The summed E-state index contributed by atoms with van der Waals surface area (Å²) in [5, 5.41) is 74.5. The van der Waals surface area contributed by atoms with Crippen molar-refractivity contribution in [2.45, 2.75) is 62.1 Å². The number of phenolic OH excluding ortho intramolecular Hbond substituents is 2. The van der Waals surface area contributed by atoms with Crippen molar-refractivity contribution in [1.82, 2.24) is 5.32 Å². The highest BCUT2D eigenvalue weighted by atomic mass is 16.6. The molecule has 316 valence electrons. The van der Waals surface area contributed by atoms with Crippen molar-refractivity contribution in [3.05, 3.63) is 123 Å². The third kappa shape index (κ3) is 5.97. The van der Waals surface area contributed by atoms with Crippen LogP contribution in [-0.2, 0) is 26.2 Å². The van der Waals surface area contributed by atoms with Crippen molar-refractivity contribution in [2.24, 2.45) is 5.92 Å². The molecule has 1 fully saturated rings. The largest absolute Gasteiger partial charge is 0.507 e. The van der Waals surface area contributed by atoms with E-state index in [1.807, 2.05) is 30.3 Å². The van der Waals surface area contributed by atoms with Crippen molar-refractivity contribution in [3.63, 3.8) is 0 Å². The number of aromatic hydroxyl groups is 2. The van der Waals surface area contributed by atoms with Gasteiger partial charge in [0, 0.05) is 49.1 Å². The zero-order valence-corrected chi connectivity index (χ0v) is 33.3. The minimum Gasteiger partial charge on any atom is -0.507 e. The molecule has 16 heteroatoms. The summed E-state index contributed by atoms with van der Waals surface area (Å²) in [6.45, 7) is 2.47. The first kappa shape index (κ1) is 41.6. The number of ketones is 4. The molecule has 8 rings (SSSR count). The molecule has 1 amide bonds. The van der Waals surface area contributed by atoms with Gasteiger partial charge in [-0.05, 0) is 54.3 Å². The summed E-state index contributed by atoms with van der Waals surface area (Å²) in [5.74, 6) is -8.60. The number of hydrogen-bond donors (Lipinski definition) is 8. The molecule has 8 atom stereocenters. The molecule has 0 saturated carbocycles. The van der Waals surface area contributed by atoms with Crippen LogP contribution >= 0.6 is 0 Å². The van der Waals surface area contributed by atoms with Crippen LogP contribution in [0.5, 0.6) is 11.5 Å². The Morgan fingerprint density at radius 1 is 0.902 bits per heavy atom. The second-order valence-electron chi connectivity index (χ2n) is 15.6. The quantitative estimate of drug-likeness (QED) is 0.127. The van der Waals surface area contributed by atoms with E-state index in [0.717, 1.165) is 30.4 Å². The molecule has 0 bridgehead atoms. The van der Waals surface area contributed by atoms with Gasteiger partial charge in [-0.3, -0.25) is 24.0 Å². The van der Waals surface area contributed by atoms with Crippen LogP contribution in [0.25, 0.3) is 11.1 Å². The highest BCUT2D eigenvalue weighted by molar-refractivity contribution is 6.31. The van der Waals surface area contributed by atoms with Gasteiger partial charge in [-0.25, -0.2) is 0 Å². The minimum atomic E-state index is -3.28. The maximum Gasteiger partial charge on any atom is 0.259 e. The highest BCUT2D eigenvalue weighted by Gasteiger charge is 2.72. The van der Waals surface area contributed by atoms with Gasteiger partial charge in [0.25, 0.3) is 5.91 Å². The summed E-state index contributed by atoms with van der Waals surface area (Å²) in [6.07, 6.45) is -5.70. The van der Waals surface area contributed by atoms with Crippen molar-refractivity contribution >= 4 is 34.7 Å². The molecule has 0 unspecified atom stereocenters. The lowest BCUT2D eigenvalue weighted by atomic mass is 9.56. The number of carbonyl (C=O) groups excluding carboxylic acids is 5. The highest BCUT2D eigenvalue weighted by Crippen LogP contribution is 2.56. The van der Waals surface area contributed by atoms with Crippen LogP contribution in [0.1, 0.15) is 75.4 Å². The number of amides is 1. The van der Waals surface area contributed by atoms with E-state index in [1.165, 1.54) is 20.1 Å². The van der Waals surface area contributed by atoms with Crippen LogP contribution in [0.4, 0.5) is 5.69 Å². The van der Waals surface area contributed by atoms with Gasteiger partial charge >= 0.3 is 0 Å². The van der Waals surface area contributed by atoms with E-state index in [-0.39, 0.29) is 16.7 Å². The molecule has 3 aliphatic carbocycles. The zero-order valence-electron chi connectivity index (χ0n) is 33.3. The molecular weight excluding hydrogens is 792 g/mol.